The molecule has 0 aliphatic carbocycles. The van der Waals surface area contributed by atoms with E-state index in [1.165, 1.54) is 6.33 Å². The van der Waals surface area contributed by atoms with Gasteiger partial charge in [-0.25, -0.2) is 9.97 Å². The SMILES string of the molecule is COCCOc1ccc(N)c(C(=N)c2cc(N3CCC4(CCCO4)CC3)ncn2)c1. The molecular formula is C22H29N5O3. The van der Waals surface area contributed by atoms with Crippen LogP contribution in [0, 0.1) is 5.41 Å². The highest BCUT2D eigenvalue weighted by Crippen LogP contribution is 2.36. The molecule has 2 fully saturated rings. The van der Waals surface area contributed by atoms with E-state index in [4.69, 9.17) is 25.4 Å². The van der Waals surface area contributed by atoms with E-state index in [2.05, 4.69) is 14.9 Å². The number of rotatable bonds is 7. The van der Waals surface area contributed by atoms with Crippen LogP contribution in [0.15, 0.2) is 30.6 Å². The van der Waals surface area contributed by atoms with E-state index in [0.717, 1.165) is 51.2 Å². The second kappa shape index (κ2) is 8.97. The molecule has 2 aromatic rings. The Labute approximate surface area is 176 Å². The van der Waals surface area contributed by atoms with Crippen LogP contribution in [0.1, 0.15) is 36.9 Å². The smallest absolute Gasteiger partial charge is 0.132 e. The fourth-order valence-electron chi connectivity index (χ4n) is 4.17. The number of anilines is 2. The number of hydrogen-bond acceptors (Lipinski definition) is 8. The summed E-state index contributed by atoms with van der Waals surface area (Å²) in [6, 6.07) is 7.19. The molecule has 8 nitrogen and oxygen atoms in total. The van der Waals surface area contributed by atoms with E-state index in [-0.39, 0.29) is 11.3 Å². The van der Waals surface area contributed by atoms with Crippen molar-refractivity contribution in [2.45, 2.75) is 31.3 Å². The molecule has 0 radical (unpaired) electrons. The Balaban J connectivity index is 1.48. The minimum atomic E-state index is 0.0662. The quantitative estimate of drug-likeness (QED) is 0.410. The van der Waals surface area contributed by atoms with E-state index >= 15 is 0 Å². The van der Waals surface area contributed by atoms with Crippen molar-refractivity contribution in [3.63, 3.8) is 0 Å². The molecule has 3 heterocycles. The summed E-state index contributed by atoms with van der Waals surface area (Å²) in [6.07, 6.45) is 5.85. The van der Waals surface area contributed by atoms with Crippen LogP contribution in [-0.2, 0) is 9.47 Å². The maximum absolute atomic E-state index is 8.67. The zero-order valence-electron chi connectivity index (χ0n) is 17.4. The fourth-order valence-corrected chi connectivity index (χ4v) is 4.17. The first-order valence-electron chi connectivity index (χ1n) is 10.4. The summed E-state index contributed by atoms with van der Waals surface area (Å²) in [5, 5.41) is 8.67. The second-order valence-electron chi connectivity index (χ2n) is 7.85. The van der Waals surface area contributed by atoms with Crippen molar-refractivity contribution in [1.29, 1.82) is 5.41 Å². The zero-order chi connectivity index (χ0) is 21.0. The summed E-state index contributed by atoms with van der Waals surface area (Å²) in [7, 11) is 1.63. The summed E-state index contributed by atoms with van der Waals surface area (Å²) in [4.78, 5) is 11.0. The van der Waals surface area contributed by atoms with Gasteiger partial charge in [-0.2, -0.15) is 0 Å². The molecule has 8 heteroatoms. The molecule has 1 aromatic carbocycles. The number of nitrogens with zero attached hydrogens (tertiary/aromatic N) is 3. The van der Waals surface area contributed by atoms with Gasteiger partial charge in [0.25, 0.3) is 0 Å². The highest BCUT2D eigenvalue weighted by molar-refractivity contribution is 6.13. The Hall–Kier alpha value is -2.71. The standard InChI is InChI=1S/C22H29N5O3/c1-28-11-12-29-16-3-4-18(23)17(13-16)21(24)19-14-20(26-15-25-19)27-8-6-22(7-9-27)5-2-10-30-22/h3-4,13-15,24H,2,5-12,23H2,1H3. The van der Waals surface area contributed by atoms with Crippen LogP contribution in [0.3, 0.4) is 0 Å². The first-order chi connectivity index (χ1) is 14.6. The van der Waals surface area contributed by atoms with Gasteiger partial charge in [0.15, 0.2) is 0 Å². The van der Waals surface area contributed by atoms with Crippen LogP contribution < -0.4 is 15.4 Å². The van der Waals surface area contributed by atoms with Gasteiger partial charge in [-0.15, -0.1) is 0 Å². The lowest BCUT2D eigenvalue weighted by Gasteiger charge is -2.39. The molecule has 1 spiro atoms. The molecule has 0 amide bonds. The van der Waals surface area contributed by atoms with Gasteiger partial charge in [-0.05, 0) is 43.9 Å². The molecule has 1 aromatic heterocycles. The predicted octanol–water partition coefficient (Wildman–Crippen LogP) is 2.65. The molecule has 0 bridgehead atoms. The van der Waals surface area contributed by atoms with Gasteiger partial charge in [0, 0.05) is 44.1 Å². The van der Waals surface area contributed by atoms with E-state index in [9.17, 15) is 0 Å². The average molecular weight is 412 g/mol. The molecule has 2 aliphatic rings. The summed E-state index contributed by atoms with van der Waals surface area (Å²) in [5.41, 5.74) is 8.10. The molecule has 3 N–H and O–H groups in total. The summed E-state index contributed by atoms with van der Waals surface area (Å²) in [6.45, 7) is 3.60. The average Bonchev–Trinajstić information content (AvgIpc) is 3.23. The lowest BCUT2D eigenvalue weighted by Crippen LogP contribution is -2.44. The van der Waals surface area contributed by atoms with E-state index in [1.54, 1.807) is 25.3 Å². The molecule has 0 atom stereocenters. The zero-order valence-corrected chi connectivity index (χ0v) is 17.4. The van der Waals surface area contributed by atoms with Crippen LogP contribution in [0.4, 0.5) is 11.5 Å². The van der Waals surface area contributed by atoms with E-state index in [1.807, 2.05) is 6.07 Å². The third-order valence-electron chi connectivity index (χ3n) is 5.94. The lowest BCUT2D eigenvalue weighted by molar-refractivity contribution is -0.0147. The number of piperidine rings is 1. The van der Waals surface area contributed by atoms with Crippen molar-refractivity contribution >= 4 is 17.2 Å². The summed E-state index contributed by atoms with van der Waals surface area (Å²) < 4.78 is 16.7. The number of ether oxygens (including phenoxy) is 3. The second-order valence-corrected chi connectivity index (χ2v) is 7.85. The molecule has 4 rings (SSSR count). The number of benzene rings is 1. The van der Waals surface area contributed by atoms with Crippen LogP contribution in [0.2, 0.25) is 0 Å². The Morgan fingerprint density at radius 2 is 2.03 bits per heavy atom. The number of aromatic nitrogens is 2. The maximum atomic E-state index is 8.67. The van der Waals surface area contributed by atoms with Crippen molar-refractivity contribution in [2.75, 3.05) is 50.7 Å². The predicted molar refractivity (Wildman–Crippen MR) is 116 cm³/mol. The van der Waals surface area contributed by atoms with Crippen molar-refractivity contribution in [2.24, 2.45) is 0 Å². The number of methoxy groups -OCH3 is 1. The Morgan fingerprint density at radius 1 is 1.20 bits per heavy atom. The number of hydrogen-bond donors (Lipinski definition) is 2. The van der Waals surface area contributed by atoms with Gasteiger partial charge in [-0.3, -0.25) is 5.41 Å². The highest BCUT2D eigenvalue weighted by Gasteiger charge is 2.38. The topological polar surface area (TPSA) is 107 Å². The van der Waals surface area contributed by atoms with E-state index < -0.39 is 0 Å². The minimum absolute atomic E-state index is 0.0662. The first-order valence-corrected chi connectivity index (χ1v) is 10.4. The van der Waals surface area contributed by atoms with Gasteiger partial charge in [0.05, 0.1) is 23.6 Å². The van der Waals surface area contributed by atoms with Gasteiger partial charge >= 0.3 is 0 Å². The van der Waals surface area contributed by atoms with Crippen molar-refractivity contribution in [1.82, 2.24) is 9.97 Å². The lowest BCUT2D eigenvalue weighted by atomic mass is 9.88. The first kappa shape index (κ1) is 20.6. The number of nitrogen functional groups attached to an aromatic ring is 1. The van der Waals surface area contributed by atoms with Crippen LogP contribution in [0.25, 0.3) is 0 Å². The molecule has 160 valence electrons. The third-order valence-corrected chi connectivity index (χ3v) is 5.94. The van der Waals surface area contributed by atoms with Crippen LogP contribution in [0.5, 0.6) is 5.75 Å². The molecular weight excluding hydrogens is 382 g/mol. The Bertz CT molecular complexity index is 888. The van der Waals surface area contributed by atoms with E-state index in [0.29, 0.717) is 35.9 Å². The van der Waals surface area contributed by atoms with Gasteiger partial charge in [-0.1, -0.05) is 0 Å². The Morgan fingerprint density at radius 3 is 2.77 bits per heavy atom. The third kappa shape index (κ3) is 4.39. The van der Waals surface area contributed by atoms with Crippen LogP contribution in [-0.4, -0.2) is 61.3 Å². The van der Waals surface area contributed by atoms with Crippen molar-refractivity contribution < 1.29 is 14.2 Å². The van der Waals surface area contributed by atoms with Crippen LogP contribution >= 0.6 is 0 Å². The van der Waals surface area contributed by atoms with Gasteiger partial charge < -0.3 is 24.8 Å². The van der Waals surface area contributed by atoms with Crippen molar-refractivity contribution in [3.05, 3.63) is 41.9 Å². The van der Waals surface area contributed by atoms with Crippen molar-refractivity contribution in [3.8, 4) is 5.75 Å². The molecule has 2 saturated heterocycles. The maximum Gasteiger partial charge on any atom is 0.132 e. The highest BCUT2D eigenvalue weighted by atomic mass is 16.5. The molecule has 30 heavy (non-hydrogen) atoms. The largest absolute Gasteiger partial charge is 0.491 e. The van der Waals surface area contributed by atoms with Gasteiger partial charge in [0.1, 0.15) is 24.5 Å². The molecule has 0 saturated carbocycles. The molecule has 0 unspecified atom stereocenters. The fraction of sp³-hybridized carbons (Fsp3) is 0.500. The Kier molecular flexibility index (Phi) is 6.15. The van der Waals surface area contributed by atoms with Gasteiger partial charge in [0.2, 0.25) is 0 Å². The molecule has 2 aliphatic heterocycles. The summed E-state index contributed by atoms with van der Waals surface area (Å²) >= 11 is 0. The normalized spacial score (nSPS) is 18.0. The monoisotopic (exact) mass is 411 g/mol. The summed E-state index contributed by atoms with van der Waals surface area (Å²) in [5.74, 6) is 1.48. The number of nitrogens with two attached hydrogens (primary N) is 1. The minimum Gasteiger partial charge on any atom is -0.491 e. The number of nitrogens with one attached hydrogen (secondary N) is 1.